The molecule has 1 aromatic carbocycles. The van der Waals surface area contributed by atoms with Gasteiger partial charge in [0.2, 0.25) is 5.91 Å². The summed E-state index contributed by atoms with van der Waals surface area (Å²) < 4.78 is 29.5. The molecule has 1 aromatic rings. The number of nitrogens with zero attached hydrogens (tertiary/aromatic N) is 1. The van der Waals surface area contributed by atoms with Crippen molar-refractivity contribution in [1.82, 2.24) is 15.5 Å². The SMILES string of the molecule is CNC(C)CNC(=O)C1CCCN1C(=O)c1ccccc1OC(F)F.Cl. The molecule has 1 saturated heterocycles. The van der Waals surface area contributed by atoms with Crippen molar-refractivity contribution in [3.05, 3.63) is 29.8 Å². The monoisotopic (exact) mass is 391 g/mol. The Labute approximate surface area is 157 Å². The second-order valence-corrected chi connectivity index (χ2v) is 5.97. The first-order valence-electron chi connectivity index (χ1n) is 8.23. The smallest absolute Gasteiger partial charge is 0.387 e. The van der Waals surface area contributed by atoms with E-state index in [1.165, 1.54) is 23.1 Å². The van der Waals surface area contributed by atoms with Crippen molar-refractivity contribution in [3.8, 4) is 5.75 Å². The van der Waals surface area contributed by atoms with E-state index < -0.39 is 18.6 Å². The van der Waals surface area contributed by atoms with Crippen LogP contribution in [0.15, 0.2) is 24.3 Å². The van der Waals surface area contributed by atoms with Crippen LogP contribution in [0.25, 0.3) is 0 Å². The van der Waals surface area contributed by atoms with Gasteiger partial charge in [0.05, 0.1) is 5.56 Å². The van der Waals surface area contributed by atoms with Gasteiger partial charge in [0.25, 0.3) is 5.91 Å². The number of carbonyl (C=O) groups is 2. The molecule has 0 bridgehead atoms. The van der Waals surface area contributed by atoms with Gasteiger partial charge in [-0.2, -0.15) is 8.78 Å². The number of ether oxygens (including phenoxy) is 1. The van der Waals surface area contributed by atoms with Gasteiger partial charge >= 0.3 is 6.61 Å². The van der Waals surface area contributed by atoms with E-state index in [9.17, 15) is 18.4 Å². The standard InChI is InChI=1S/C17H23F2N3O3.ClH/c1-11(20-2)10-21-15(23)13-7-5-9-22(13)16(24)12-6-3-4-8-14(12)25-17(18)19;/h3-4,6,8,11,13,17,20H,5,7,9-10H2,1-2H3,(H,21,23);1H. The molecule has 2 N–H and O–H groups in total. The molecule has 6 nitrogen and oxygen atoms in total. The highest BCUT2D eigenvalue weighted by Gasteiger charge is 2.35. The van der Waals surface area contributed by atoms with Crippen molar-refractivity contribution < 1.29 is 23.1 Å². The van der Waals surface area contributed by atoms with E-state index in [0.29, 0.717) is 25.9 Å². The molecule has 2 atom stereocenters. The zero-order valence-corrected chi connectivity index (χ0v) is 15.5. The zero-order chi connectivity index (χ0) is 18.4. The Kier molecular flexibility index (Phi) is 8.74. The number of benzene rings is 1. The summed E-state index contributed by atoms with van der Waals surface area (Å²) in [5.41, 5.74) is 0.0334. The minimum atomic E-state index is -3.02. The summed E-state index contributed by atoms with van der Waals surface area (Å²) in [4.78, 5) is 26.6. The first-order valence-corrected chi connectivity index (χ1v) is 8.23. The molecule has 2 rings (SSSR count). The van der Waals surface area contributed by atoms with Crippen molar-refractivity contribution in [2.75, 3.05) is 20.1 Å². The van der Waals surface area contributed by atoms with Crippen molar-refractivity contribution in [2.45, 2.75) is 38.5 Å². The van der Waals surface area contributed by atoms with Crippen molar-refractivity contribution in [1.29, 1.82) is 0 Å². The van der Waals surface area contributed by atoms with Gasteiger partial charge in [-0.15, -0.1) is 12.4 Å². The third-order valence-electron chi connectivity index (χ3n) is 4.23. The van der Waals surface area contributed by atoms with E-state index in [4.69, 9.17) is 0 Å². The van der Waals surface area contributed by atoms with Gasteiger partial charge < -0.3 is 20.3 Å². The maximum Gasteiger partial charge on any atom is 0.387 e. The number of likely N-dealkylation sites (N-methyl/N-ethyl adjacent to an activating group) is 1. The molecular formula is C17H24ClF2N3O3. The van der Waals surface area contributed by atoms with Crippen LogP contribution in [-0.4, -0.2) is 55.5 Å². The van der Waals surface area contributed by atoms with E-state index in [1.54, 1.807) is 13.1 Å². The van der Waals surface area contributed by atoms with Gasteiger partial charge in [-0.3, -0.25) is 9.59 Å². The molecule has 1 fully saturated rings. The molecule has 2 amide bonds. The predicted molar refractivity (Wildman–Crippen MR) is 95.9 cm³/mol. The van der Waals surface area contributed by atoms with Crippen LogP contribution in [0.3, 0.4) is 0 Å². The van der Waals surface area contributed by atoms with E-state index in [-0.39, 0.29) is 35.7 Å². The summed E-state index contributed by atoms with van der Waals surface area (Å²) in [6.45, 7) is -0.245. The summed E-state index contributed by atoms with van der Waals surface area (Å²) >= 11 is 0. The fourth-order valence-corrected chi connectivity index (χ4v) is 2.75. The van der Waals surface area contributed by atoms with E-state index in [1.807, 2.05) is 6.92 Å². The molecule has 1 aliphatic heterocycles. The van der Waals surface area contributed by atoms with E-state index >= 15 is 0 Å². The van der Waals surface area contributed by atoms with Crippen LogP contribution in [0.4, 0.5) is 8.78 Å². The average Bonchev–Trinajstić information content (AvgIpc) is 3.08. The Hall–Kier alpha value is -1.93. The lowest BCUT2D eigenvalue weighted by Crippen LogP contribution is -2.48. The first kappa shape index (κ1) is 22.1. The fraction of sp³-hybridized carbons (Fsp3) is 0.529. The highest BCUT2D eigenvalue weighted by Crippen LogP contribution is 2.26. The molecule has 0 spiro atoms. The average molecular weight is 392 g/mol. The number of para-hydroxylation sites is 1. The number of amides is 2. The topological polar surface area (TPSA) is 70.7 Å². The number of rotatable bonds is 7. The third-order valence-corrected chi connectivity index (χ3v) is 4.23. The van der Waals surface area contributed by atoms with Crippen LogP contribution in [0.1, 0.15) is 30.1 Å². The Balaban J connectivity index is 0.00000338. The number of carbonyl (C=O) groups excluding carboxylic acids is 2. The van der Waals surface area contributed by atoms with Gasteiger partial charge in [-0.1, -0.05) is 12.1 Å². The number of alkyl halides is 2. The highest BCUT2D eigenvalue weighted by molar-refractivity contribution is 6.00. The highest BCUT2D eigenvalue weighted by atomic mass is 35.5. The number of halogens is 3. The quantitative estimate of drug-likeness (QED) is 0.746. The van der Waals surface area contributed by atoms with Crippen LogP contribution in [-0.2, 0) is 4.79 Å². The van der Waals surface area contributed by atoms with Crippen LogP contribution >= 0.6 is 12.4 Å². The van der Waals surface area contributed by atoms with Gasteiger partial charge in [-0.25, -0.2) is 0 Å². The predicted octanol–water partition coefficient (Wildman–Crippen LogP) is 2.04. The molecule has 1 aliphatic rings. The largest absolute Gasteiger partial charge is 0.434 e. The van der Waals surface area contributed by atoms with Crippen molar-refractivity contribution in [3.63, 3.8) is 0 Å². The summed E-state index contributed by atoms with van der Waals surface area (Å²) in [6, 6.07) is 5.34. The van der Waals surface area contributed by atoms with Crippen molar-refractivity contribution >= 4 is 24.2 Å². The lowest BCUT2D eigenvalue weighted by atomic mass is 10.1. The lowest BCUT2D eigenvalue weighted by molar-refractivity contribution is -0.124. The minimum absolute atomic E-state index is 0. The summed E-state index contributed by atoms with van der Waals surface area (Å²) in [6.07, 6.45) is 1.23. The van der Waals surface area contributed by atoms with E-state index in [0.717, 1.165) is 0 Å². The maximum atomic E-state index is 12.8. The molecule has 0 radical (unpaired) electrons. The molecule has 26 heavy (non-hydrogen) atoms. The molecule has 146 valence electrons. The molecule has 9 heteroatoms. The molecule has 0 aromatic heterocycles. The number of hydrogen-bond acceptors (Lipinski definition) is 4. The molecule has 2 unspecified atom stereocenters. The number of likely N-dealkylation sites (tertiary alicyclic amines) is 1. The Morgan fingerprint density at radius 1 is 1.35 bits per heavy atom. The van der Waals surface area contributed by atoms with Crippen LogP contribution in [0.5, 0.6) is 5.75 Å². The Bertz CT molecular complexity index is 619. The molecule has 1 heterocycles. The second kappa shape index (κ2) is 10.3. The van der Waals surface area contributed by atoms with Crippen molar-refractivity contribution in [2.24, 2.45) is 0 Å². The maximum absolute atomic E-state index is 12.8. The zero-order valence-electron chi connectivity index (χ0n) is 14.7. The second-order valence-electron chi connectivity index (χ2n) is 5.97. The van der Waals surface area contributed by atoms with Crippen LogP contribution < -0.4 is 15.4 Å². The summed E-state index contributed by atoms with van der Waals surface area (Å²) in [5.74, 6) is -0.895. The Morgan fingerprint density at radius 2 is 2.04 bits per heavy atom. The first-order chi connectivity index (χ1) is 11.9. The van der Waals surface area contributed by atoms with E-state index in [2.05, 4.69) is 15.4 Å². The van der Waals surface area contributed by atoms with Crippen LogP contribution in [0.2, 0.25) is 0 Å². The Morgan fingerprint density at radius 3 is 2.69 bits per heavy atom. The summed E-state index contributed by atoms with van der Waals surface area (Å²) in [7, 11) is 1.79. The molecule has 0 saturated carbocycles. The lowest BCUT2D eigenvalue weighted by Gasteiger charge is -2.25. The third kappa shape index (κ3) is 5.54. The van der Waals surface area contributed by atoms with Crippen LogP contribution in [0, 0.1) is 0 Å². The normalized spacial score (nSPS) is 17.6. The summed E-state index contributed by atoms with van der Waals surface area (Å²) in [5, 5.41) is 5.83. The van der Waals surface area contributed by atoms with Gasteiger partial charge in [0.1, 0.15) is 11.8 Å². The van der Waals surface area contributed by atoms with Gasteiger partial charge in [0, 0.05) is 19.1 Å². The number of hydrogen-bond donors (Lipinski definition) is 2. The van der Waals surface area contributed by atoms with Gasteiger partial charge in [0.15, 0.2) is 0 Å². The fourth-order valence-electron chi connectivity index (χ4n) is 2.75. The minimum Gasteiger partial charge on any atom is -0.434 e. The number of nitrogens with one attached hydrogen (secondary N) is 2. The molecular weight excluding hydrogens is 368 g/mol. The van der Waals surface area contributed by atoms with Gasteiger partial charge in [-0.05, 0) is 38.9 Å². The molecule has 0 aliphatic carbocycles.